The maximum absolute atomic E-state index is 7.73. The quantitative estimate of drug-likeness (QED) is 0.270. The van der Waals surface area contributed by atoms with Crippen molar-refractivity contribution >= 4 is 5.90 Å². The summed E-state index contributed by atoms with van der Waals surface area (Å²) in [5.41, 5.74) is 2.58. The fourth-order valence-electron chi connectivity index (χ4n) is 2.31. The van der Waals surface area contributed by atoms with E-state index < -0.39 is 0 Å². The van der Waals surface area contributed by atoms with Gasteiger partial charge in [0.2, 0.25) is 5.90 Å². The fraction of sp³-hybridized carbons (Fsp3) is 0.650. The minimum atomic E-state index is -0.00846. The van der Waals surface area contributed by atoms with E-state index in [-0.39, 0.29) is 16.7 Å². The summed E-state index contributed by atoms with van der Waals surface area (Å²) in [7, 11) is 0. The van der Waals surface area contributed by atoms with Crippen LogP contribution in [-0.2, 0) is 15.7 Å². The second-order valence-corrected chi connectivity index (χ2v) is 7.53. The van der Waals surface area contributed by atoms with Crippen LogP contribution in [-0.4, -0.2) is 5.90 Å². The molecule has 0 aliphatic carbocycles. The van der Waals surface area contributed by atoms with Gasteiger partial charge < -0.3 is 0 Å². The standard InChI is InChI=1S/C20H33NO2/c1-8-11-18(21)23-22-17-13-12-15(19(4,5)9-2)14-16(17)20(6,7)10-3/h12-14,21H,8-11H2,1-7H3. The lowest BCUT2D eigenvalue weighted by molar-refractivity contribution is -0.122. The van der Waals surface area contributed by atoms with Crippen molar-refractivity contribution in [2.24, 2.45) is 0 Å². The van der Waals surface area contributed by atoms with Gasteiger partial charge in [0.15, 0.2) is 5.75 Å². The van der Waals surface area contributed by atoms with E-state index in [9.17, 15) is 0 Å². The molecule has 1 N–H and O–H groups in total. The Labute approximate surface area is 141 Å². The average Bonchev–Trinajstić information content (AvgIpc) is 2.53. The molecule has 0 saturated heterocycles. The molecule has 0 heterocycles. The molecule has 3 nitrogen and oxygen atoms in total. The van der Waals surface area contributed by atoms with E-state index in [1.807, 2.05) is 13.0 Å². The van der Waals surface area contributed by atoms with Crippen LogP contribution in [0.25, 0.3) is 0 Å². The summed E-state index contributed by atoms with van der Waals surface area (Å²) >= 11 is 0. The first-order valence-electron chi connectivity index (χ1n) is 8.74. The molecule has 0 aromatic heterocycles. The van der Waals surface area contributed by atoms with Crippen LogP contribution >= 0.6 is 0 Å². The van der Waals surface area contributed by atoms with Crippen molar-refractivity contribution in [3.05, 3.63) is 29.3 Å². The zero-order valence-corrected chi connectivity index (χ0v) is 15.9. The first-order valence-corrected chi connectivity index (χ1v) is 8.74. The molecule has 0 bridgehead atoms. The maximum Gasteiger partial charge on any atom is 0.238 e. The van der Waals surface area contributed by atoms with Crippen LogP contribution < -0.4 is 4.89 Å². The van der Waals surface area contributed by atoms with E-state index in [4.69, 9.17) is 15.2 Å². The first kappa shape index (κ1) is 19.5. The van der Waals surface area contributed by atoms with Crippen molar-refractivity contribution in [3.8, 4) is 5.75 Å². The molecule has 0 aliphatic heterocycles. The van der Waals surface area contributed by atoms with Gasteiger partial charge in [-0.15, -0.1) is 0 Å². The minimum absolute atomic E-state index is 0.00846. The van der Waals surface area contributed by atoms with Gasteiger partial charge in [0.1, 0.15) is 0 Å². The second-order valence-electron chi connectivity index (χ2n) is 7.53. The van der Waals surface area contributed by atoms with Crippen molar-refractivity contribution in [2.45, 2.75) is 85.0 Å². The summed E-state index contributed by atoms with van der Waals surface area (Å²) in [5.74, 6) is 0.888. The molecule has 0 atom stereocenters. The van der Waals surface area contributed by atoms with Crippen LogP contribution in [0.15, 0.2) is 18.2 Å². The monoisotopic (exact) mass is 319 g/mol. The molecular formula is C20H33NO2. The molecule has 0 unspecified atom stereocenters. The van der Waals surface area contributed by atoms with Gasteiger partial charge in [-0.1, -0.05) is 60.6 Å². The van der Waals surface area contributed by atoms with Crippen molar-refractivity contribution in [2.75, 3.05) is 0 Å². The zero-order valence-electron chi connectivity index (χ0n) is 15.9. The first-order chi connectivity index (χ1) is 10.7. The highest BCUT2D eigenvalue weighted by Crippen LogP contribution is 2.38. The van der Waals surface area contributed by atoms with E-state index in [2.05, 4.69) is 53.7 Å². The lowest BCUT2D eigenvalue weighted by atomic mass is 9.76. The molecule has 0 amide bonds. The number of hydrogen-bond acceptors (Lipinski definition) is 3. The Balaban J connectivity index is 3.17. The Morgan fingerprint density at radius 1 is 1.00 bits per heavy atom. The normalized spacial score (nSPS) is 12.1. The smallest absolute Gasteiger partial charge is 0.238 e. The van der Waals surface area contributed by atoms with Gasteiger partial charge in [-0.25, -0.2) is 0 Å². The predicted molar refractivity (Wildman–Crippen MR) is 97.4 cm³/mol. The van der Waals surface area contributed by atoms with E-state index in [1.54, 1.807) is 0 Å². The van der Waals surface area contributed by atoms with Gasteiger partial charge in [0.25, 0.3) is 0 Å². The molecule has 0 radical (unpaired) electrons. The molecule has 130 valence electrons. The zero-order chi connectivity index (χ0) is 17.7. The Kier molecular flexibility index (Phi) is 6.67. The largest absolute Gasteiger partial charge is 0.288 e. The third-order valence-corrected chi connectivity index (χ3v) is 4.97. The SMILES string of the molecule is CCCC(=N)OOc1ccc(C(C)(C)CC)cc1C(C)(C)CC. The lowest BCUT2D eigenvalue weighted by Gasteiger charge is -2.29. The Hall–Kier alpha value is -1.51. The molecule has 0 saturated carbocycles. The van der Waals surface area contributed by atoms with E-state index >= 15 is 0 Å². The molecule has 1 rings (SSSR count). The summed E-state index contributed by atoms with van der Waals surface area (Å²) in [6.45, 7) is 15.4. The van der Waals surface area contributed by atoms with Gasteiger partial charge in [-0.05, 0) is 41.7 Å². The average molecular weight is 319 g/mol. The highest BCUT2D eigenvalue weighted by molar-refractivity contribution is 5.71. The molecule has 0 fully saturated rings. The molecule has 23 heavy (non-hydrogen) atoms. The van der Waals surface area contributed by atoms with Crippen molar-refractivity contribution in [1.82, 2.24) is 0 Å². The highest BCUT2D eigenvalue weighted by Gasteiger charge is 2.27. The summed E-state index contributed by atoms with van der Waals surface area (Å²) in [5, 5.41) is 7.73. The molecule has 3 heteroatoms. The summed E-state index contributed by atoms with van der Waals surface area (Å²) < 4.78 is 0. The van der Waals surface area contributed by atoms with E-state index in [0.29, 0.717) is 12.2 Å². The van der Waals surface area contributed by atoms with Crippen LogP contribution in [0.2, 0.25) is 0 Å². The second kappa shape index (κ2) is 7.85. The Bertz CT molecular complexity index is 532. The Morgan fingerprint density at radius 3 is 2.13 bits per heavy atom. The maximum atomic E-state index is 7.73. The third-order valence-electron chi connectivity index (χ3n) is 4.97. The lowest BCUT2D eigenvalue weighted by Crippen LogP contribution is -2.21. The predicted octanol–water partition coefficient (Wildman–Crippen LogP) is 6.15. The number of nitrogens with one attached hydrogen (secondary N) is 1. The molecule has 1 aromatic carbocycles. The van der Waals surface area contributed by atoms with Crippen molar-refractivity contribution in [1.29, 1.82) is 5.41 Å². The van der Waals surface area contributed by atoms with Crippen molar-refractivity contribution in [3.63, 3.8) is 0 Å². The Morgan fingerprint density at radius 2 is 1.61 bits per heavy atom. The molecule has 1 aromatic rings. The van der Waals surface area contributed by atoms with Crippen LogP contribution in [0.1, 0.15) is 85.3 Å². The number of hydrogen-bond donors (Lipinski definition) is 1. The molecular weight excluding hydrogens is 286 g/mol. The fourth-order valence-corrected chi connectivity index (χ4v) is 2.31. The van der Waals surface area contributed by atoms with Crippen molar-refractivity contribution < 1.29 is 9.78 Å². The minimum Gasteiger partial charge on any atom is -0.288 e. The van der Waals surface area contributed by atoms with E-state index in [0.717, 1.165) is 24.8 Å². The number of rotatable bonds is 8. The number of benzene rings is 1. The molecule has 0 spiro atoms. The van der Waals surface area contributed by atoms with Crippen LogP contribution in [0, 0.1) is 5.41 Å². The topological polar surface area (TPSA) is 42.3 Å². The summed E-state index contributed by atoms with van der Waals surface area (Å²) in [4.78, 5) is 10.7. The van der Waals surface area contributed by atoms with Gasteiger partial charge in [0.05, 0.1) is 0 Å². The van der Waals surface area contributed by atoms with Crippen LogP contribution in [0.5, 0.6) is 5.75 Å². The highest BCUT2D eigenvalue weighted by atomic mass is 17.2. The summed E-state index contributed by atoms with van der Waals surface area (Å²) in [6.07, 6.45) is 3.55. The van der Waals surface area contributed by atoms with E-state index in [1.165, 1.54) is 5.56 Å². The van der Waals surface area contributed by atoms with Crippen LogP contribution in [0.3, 0.4) is 0 Å². The summed E-state index contributed by atoms with van der Waals surface area (Å²) in [6, 6.07) is 6.34. The third kappa shape index (κ3) is 4.98. The van der Waals surface area contributed by atoms with Gasteiger partial charge in [-0.3, -0.25) is 15.2 Å². The van der Waals surface area contributed by atoms with Gasteiger partial charge in [0, 0.05) is 12.0 Å². The van der Waals surface area contributed by atoms with Gasteiger partial charge in [-0.2, -0.15) is 0 Å². The van der Waals surface area contributed by atoms with Crippen LogP contribution in [0.4, 0.5) is 0 Å². The van der Waals surface area contributed by atoms with Gasteiger partial charge >= 0.3 is 0 Å². The molecule has 0 aliphatic rings.